The number of hydrogen-bond donors (Lipinski definition) is 3. The SMILES string of the molecule is CC1CC1CNC(=O)Nc1c(F)cccc1C(=O)O. The van der Waals surface area contributed by atoms with E-state index >= 15 is 0 Å². The quantitative estimate of drug-likeness (QED) is 0.782. The second-order valence-corrected chi connectivity index (χ2v) is 4.78. The Morgan fingerprint density at radius 2 is 2.16 bits per heavy atom. The fraction of sp³-hybridized carbons (Fsp3) is 0.385. The van der Waals surface area contributed by atoms with Crippen LogP contribution in [0.5, 0.6) is 0 Å². The molecule has 19 heavy (non-hydrogen) atoms. The van der Waals surface area contributed by atoms with E-state index in [0.29, 0.717) is 18.4 Å². The maximum Gasteiger partial charge on any atom is 0.337 e. The van der Waals surface area contributed by atoms with Crippen LogP contribution in [0.25, 0.3) is 0 Å². The molecule has 1 saturated carbocycles. The second-order valence-electron chi connectivity index (χ2n) is 4.78. The van der Waals surface area contributed by atoms with Crippen molar-refractivity contribution in [1.82, 2.24) is 5.32 Å². The standard InChI is InChI=1S/C13H15FN2O3/c1-7-5-8(7)6-15-13(19)16-11-9(12(17)18)3-2-4-10(11)14/h2-4,7-8H,5-6H2,1H3,(H,17,18)(H2,15,16,19). The number of urea groups is 1. The van der Waals surface area contributed by atoms with Gasteiger partial charge in [-0.05, 0) is 30.4 Å². The van der Waals surface area contributed by atoms with Gasteiger partial charge in [-0.3, -0.25) is 0 Å². The highest BCUT2D eigenvalue weighted by Gasteiger charge is 2.32. The highest BCUT2D eigenvalue weighted by atomic mass is 19.1. The fourth-order valence-electron chi connectivity index (χ4n) is 1.89. The molecule has 6 heteroatoms. The third-order valence-electron chi connectivity index (χ3n) is 3.28. The molecule has 0 spiro atoms. The third-order valence-corrected chi connectivity index (χ3v) is 3.28. The molecule has 2 rings (SSSR count). The minimum atomic E-state index is -1.29. The number of aromatic carboxylic acids is 1. The molecule has 5 nitrogen and oxygen atoms in total. The Hall–Kier alpha value is -2.11. The fourth-order valence-corrected chi connectivity index (χ4v) is 1.89. The summed E-state index contributed by atoms with van der Waals surface area (Å²) in [7, 11) is 0. The van der Waals surface area contributed by atoms with Crippen molar-refractivity contribution in [3.63, 3.8) is 0 Å². The smallest absolute Gasteiger partial charge is 0.337 e. The van der Waals surface area contributed by atoms with Crippen LogP contribution in [0.2, 0.25) is 0 Å². The molecule has 3 N–H and O–H groups in total. The molecule has 2 unspecified atom stereocenters. The molecule has 0 aromatic heterocycles. The first-order chi connectivity index (χ1) is 8.99. The van der Waals surface area contributed by atoms with Crippen LogP contribution in [-0.2, 0) is 0 Å². The minimum Gasteiger partial charge on any atom is -0.478 e. The highest BCUT2D eigenvalue weighted by molar-refractivity contribution is 6.00. The van der Waals surface area contributed by atoms with Crippen molar-refractivity contribution in [1.29, 1.82) is 0 Å². The van der Waals surface area contributed by atoms with Crippen molar-refractivity contribution in [2.45, 2.75) is 13.3 Å². The molecule has 0 heterocycles. The summed E-state index contributed by atoms with van der Waals surface area (Å²) in [6, 6.07) is 3.04. The number of anilines is 1. The second kappa shape index (κ2) is 5.26. The summed E-state index contributed by atoms with van der Waals surface area (Å²) in [6.07, 6.45) is 1.07. The molecule has 0 radical (unpaired) electrons. The molecular formula is C13H15FN2O3. The Morgan fingerprint density at radius 3 is 2.74 bits per heavy atom. The van der Waals surface area contributed by atoms with E-state index in [1.54, 1.807) is 0 Å². The number of nitrogens with one attached hydrogen (secondary N) is 2. The van der Waals surface area contributed by atoms with Crippen LogP contribution in [0.1, 0.15) is 23.7 Å². The maximum absolute atomic E-state index is 13.5. The van der Waals surface area contributed by atoms with Gasteiger partial charge in [0.2, 0.25) is 0 Å². The van der Waals surface area contributed by atoms with Crippen molar-refractivity contribution >= 4 is 17.7 Å². The topological polar surface area (TPSA) is 78.4 Å². The molecule has 2 atom stereocenters. The van der Waals surface area contributed by atoms with Crippen LogP contribution in [0.4, 0.5) is 14.9 Å². The van der Waals surface area contributed by atoms with E-state index < -0.39 is 17.8 Å². The summed E-state index contributed by atoms with van der Waals surface area (Å²) < 4.78 is 13.5. The number of carboxylic acids is 1. The zero-order chi connectivity index (χ0) is 14.0. The van der Waals surface area contributed by atoms with E-state index in [9.17, 15) is 14.0 Å². The molecule has 1 fully saturated rings. The summed E-state index contributed by atoms with van der Waals surface area (Å²) >= 11 is 0. The summed E-state index contributed by atoms with van der Waals surface area (Å²) in [6.45, 7) is 2.60. The lowest BCUT2D eigenvalue weighted by molar-refractivity contribution is 0.0697. The number of carbonyl (C=O) groups excluding carboxylic acids is 1. The largest absolute Gasteiger partial charge is 0.478 e. The van der Waals surface area contributed by atoms with Gasteiger partial charge in [0.05, 0.1) is 11.3 Å². The maximum atomic E-state index is 13.5. The van der Waals surface area contributed by atoms with Crippen molar-refractivity contribution in [3.8, 4) is 0 Å². The summed E-state index contributed by atoms with van der Waals surface area (Å²) in [5, 5.41) is 13.8. The van der Waals surface area contributed by atoms with E-state index in [0.717, 1.165) is 12.5 Å². The molecule has 1 aliphatic rings. The van der Waals surface area contributed by atoms with Crippen LogP contribution >= 0.6 is 0 Å². The molecule has 102 valence electrons. The van der Waals surface area contributed by atoms with Gasteiger partial charge in [-0.25, -0.2) is 14.0 Å². The molecule has 0 aliphatic heterocycles. The Bertz CT molecular complexity index is 519. The molecule has 0 saturated heterocycles. The normalized spacial score (nSPS) is 20.7. The average Bonchev–Trinajstić information content (AvgIpc) is 3.05. The zero-order valence-electron chi connectivity index (χ0n) is 10.4. The molecule has 1 aromatic rings. The summed E-state index contributed by atoms with van der Waals surface area (Å²) in [4.78, 5) is 22.5. The van der Waals surface area contributed by atoms with Crippen LogP contribution in [0.15, 0.2) is 18.2 Å². The van der Waals surface area contributed by atoms with Crippen LogP contribution < -0.4 is 10.6 Å². The molecule has 0 bridgehead atoms. The lowest BCUT2D eigenvalue weighted by Crippen LogP contribution is -2.31. The van der Waals surface area contributed by atoms with Gasteiger partial charge < -0.3 is 15.7 Å². The predicted molar refractivity (Wildman–Crippen MR) is 67.7 cm³/mol. The van der Waals surface area contributed by atoms with Gasteiger partial charge in [0.1, 0.15) is 5.82 Å². The van der Waals surface area contributed by atoms with Gasteiger partial charge in [0.15, 0.2) is 0 Å². The van der Waals surface area contributed by atoms with Crippen LogP contribution in [0.3, 0.4) is 0 Å². The Kier molecular flexibility index (Phi) is 3.69. The number of amides is 2. The number of carbonyl (C=O) groups is 2. The number of rotatable bonds is 4. The minimum absolute atomic E-state index is 0.269. The first kappa shape index (κ1) is 13.3. The highest BCUT2D eigenvalue weighted by Crippen LogP contribution is 2.36. The summed E-state index contributed by atoms with van der Waals surface area (Å²) in [5.74, 6) is -0.992. The van der Waals surface area contributed by atoms with Gasteiger partial charge in [0.25, 0.3) is 0 Å². The monoisotopic (exact) mass is 266 g/mol. The Morgan fingerprint density at radius 1 is 1.47 bits per heavy atom. The lowest BCUT2D eigenvalue weighted by atomic mass is 10.1. The van der Waals surface area contributed by atoms with Gasteiger partial charge in [-0.1, -0.05) is 13.0 Å². The Labute approximate surface area is 109 Å². The van der Waals surface area contributed by atoms with Gasteiger partial charge in [0, 0.05) is 6.54 Å². The first-order valence-electron chi connectivity index (χ1n) is 6.05. The number of carboxylic acid groups (broad SMARTS) is 1. The van der Waals surface area contributed by atoms with Gasteiger partial charge >= 0.3 is 12.0 Å². The molecule has 2 amide bonds. The van der Waals surface area contributed by atoms with E-state index in [2.05, 4.69) is 17.6 Å². The molecular weight excluding hydrogens is 251 g/mol. The van der Waals surface area contributed by atoms with E-state index in [4.69, 9.17) is 5.11 Å². The van der Waals surface area contributed by atoms with Crippen molar-refractivity contribution in [2.24, 2.45) is 11.8 Å². The number of benzene rings is 1. The number of hydrogen-bond acceptors (Lipinski definition) is 2. The van der Waals surface area contributed by atoms with E-state index in [-0.39, 0.29) is 11.3 Å². The van der Waals surface area contributed by atoms with E-state index in [1.807, 2.05) is 0 Å². The molecule has 1 aliphatic carbocycles. The zero-order valence-corrected chi connectivity index (χ0v) is 10.4. The van der Waals surface area contributed by atoms with Crippen molar-refractivity contribution in [3.05, 3.63) is 29.6 Å². The molecule has 1 aromatic carbocycles. The predicted octanol–water partition coefficient (Wildman–Crippen LogP) is 2.30. The first-order valence-corrected chi connectivity index (χ1v) is 6.05. The third kappa shape index (κ3) is 3.21. The van der Waals surface area contributed by atoms with Gasteiger partial charge in [-0.15, -0.1) is 0 Å². The van der Waals surface area contributed by atoms with Crippen LogP contribution in [-0.4, -0.2) is 23.7 Å². The van der Waals surface area contributed by atoms with Crippen molar-refractivity contribution in [2.75, 3.05) is 11.9 Å². The van der Waals surface area contributed by atoms with Crippen molar-refractivity contribution < 1.29 is 19.1 Å². The Balaban J connectivity index is 2.01. The lowest BCUT2D eigenvalue weighted by Gasteiger charge is -2.10. The number of halogens is 1. The average molecular weight is 266 g/mol. The van der Waals surface area contributed by atoms with Crippen LogP contribution in [0, 0.1) is 17.7 Å². The van der Waals surface area contributed by atoms with Gasteiger partial charge in [-0.2, -0.15) is 0 Å². The van der Waals surface area contributed by atoms with E-state index in [1.165, 1.54) is 12.1 Å². The number of para-hydroxylation sites is 1. The summed E-state index contributed by atoms with van der Waals surface area (Å²) in [5.41, 5.74) is -0.578.